The van der Waals surface area contributed by atoms with Gasteiger partial charge in [-0.2, -0.15) is 5.10 Å². The van der Waals surface area contributed by atoms with Crippen molar-refractivity contribution in [2.45, 2.75) is 37.6 Å². The summed E-state index contributed by atoms with van der Waals surface area (Å²) < 4.78 is 31.8. The van der Waals surface area contributed by atoms with Crippen LogP contribution in [0.1, 0.15) is 30.4 Å². The molecule has 1 fully saturated rings. The summed E-state index contributed by atoms with van der Waals surface area (Å²) in [4.78, 5) is 14.8. The second-order valence-electron chi connectivity index (χ2n) is 7.64. The fourth-order valence-corrected chi connectivity index (χ4v) is 5.29. The van der Waals surface area contributed by atoms with Gasteiger partial charge in [-0.25, -0.2) is 8.42 Å². The van der Waals surface area contributed by atoms with Crippen LogP contribution in [0.4, 0.5) is 5.69 Å². The van der Waals surface area contributed by atoms with E-state index in [4.69, 9.17) is 4.74 Å². The highest BCUT2D eigenvalue weighted by molar-refractivity contribution is 8.08. The Labute approximate surface area is 176 Å². The Kier molecular flexibility index (Phi) is 5.51. The molecule has 0 spiro atoms. The molecule has 158 valence electrons. The lowest BCUT2D eigenvalue weighted by Gasteiger charge is -2.31. The predicted molar refractivity (Wildman–Crippen MR) is 115 cm³/mol. The van der Waals surface area contributed by atoms with E-state index in [0.29, 0.717) is 31.1 Å². The smallest absolute Gasteiger partial charge is 0.286 e. The number of amides is 1. The van der Waals surface area contributed by atoms with E-state index >= 15 is 0 Å². The normalized spacial score (nSPS) is 17.9. The van der Waals surface area contributed by atoms with Crippen LogP contribution in [0, 0.1) is 6.92 Å². The van der Waals surface area contributed by atoms with Gasteiger partial charge in [0.05, 0.1) is 24.2 Å². The number of hydrogen-bond acceptors (Lipinski definition) is 6. The molecule has 4 rings (SSSR count). The van der Waals surface area contributed by atoms with E-state index in [-0.39, 0.29) is 4.90 Å². The minimum atomic E-state index is -3.99. The average molecular weight is 428 g/mol. The molecule has 2 heterocycles. The maximum Gasteiger partial charge on any atom is 0.286 e. The Balaban J connectivity index is 1.77. The van der Waals surface area contributed by atoms with Gasteiger partial charge in [-0.3, -0.25) is 9.80 Å². The first-order chi connectivity index (χ1) is 14.4. The lowest BCUT2D eigenvalue weighted by molar-refractivity contribution is -0.124. The van der Waals surface area contributed by atoms with Crippen molar-refractivity contribution < 1.29 is 17.9 Å². The van der Waals surface area contributed by atoms with Gasteiger partial charge in [0.15, 0.2) is 0 Å². The molecule has 1 amide bonds. The van der Waals surface area contributed by atoms with Crippen molar-refractivity contribution in [1.82, 2.24) is 4.90 Å². The van der Waals surface area contributed by atoms with Crippen molar-refractivity contribution in [3.63, 3.8) is 0 Å². The highest BCUT2D eigenvalue weighted by atomic mass is 32.2. The summed E-state index contributed by atoms with van der Waals surface area (Å²) in [6, 6.07) is 12.6. The van der Waals surface area contributed by atoms with Crippen LogP contribution in [0.3, 0.4) is 0 Å². The Morgan fingerprint density at radius 1 is 1.10 bits per heavy atom. The molecule has 2 aromatic rings. The average Bonchev–Trinajstić information content (AvgIpc) is 2.76. The first-order valence-corrected chi connectivity index (χ1v) is 11.5. The molecule has 0 unspecified atom stereocenters. The second-order valence-corrected chi connectivity index (χ2v) is 9.48. The van der Waals surface area contributed by atoms with Crippen LogP contribution < -0.4 is 9.75 Å². The zero-order valence-electron chi connectivity index (χ0n) is 17.2. The van der Waals surface area contributed by atoms with Crippen LogP contribution in [-0.2, 0) is 21.2 Å². The van der Waals surface area contributed by atoms with E-state index in [1.54, 1.807) is 35.2 Å². The Hall–Kier alpha value is -2.87. The molecular formula is C22H25N3O4S. The molecule has 30 heavy (non-hydrogen) atoms. The van der Waals surface area contributed by atoms with Gasteiger partial charge in [-0.15, -0.1) is 0 Å². The number of aryl methyl sites for hydroxylation is 1. The predicted octanol–water partition coefficient (Wildman–Crippen LogP) is 3.12. The number of anilines is 1. The zero-order valence-corrected chi connectivity index (χ0v) is 18.0. The summed E-state index contributed by atoms with van der Waals surface area (Å²) in [6.45, 7) is 3.34. The number of likely N-dealkylation sites (tertiary alicyclic amines) is 1. The quantitative estimate of drug-likeness (QED) is 0.749. The first kappa shape index (κ1) is 20.4. The number of ether oxygens (including phenoxy) is 1. The van der Waals surface area contributed by atoms with Crippen LogP contribution >= 0.6 is 0 Å². The molecule has 2 aliphatic heterocycles. The molecule has 0 atom stereocenters. The Bertz CT molecular complexity index is 1110. The summed E-state index contributed by atoms with van der Waals surface area (Å²) in [5, 5.41) is 5.58. The number of rotatable bonds is 4. The van der Waals surface area contributed by atoms with Crippen LogP contribution in [0.25, 0.3) is 0 Å². The molecule has 1 saturated heterocycles. The number of nitrogens with zero attached hydrogens (tertiary/aromatic N) is 3. The largest absolute Gasteiger partial charge is 0.497 e. The number of methoxy groups -OCH3 is 1. The lowest BCUT2D eigenvalue weighted by Crippen LogP contribution is -2.45. The molecule has 0 N–H and O–H groups in total. The van der Waals surface area contributed by atoms with E-state index in [2.05, 4.69) is 5.10 Å². The molecule has 0 aliphatic carbocycles. The molecule has 0 radical (unpaired) electrons. The molecular weight excluding hydrogens is 402 g/mol. The van der Waals surface area contributed by atoms with Crippen LogP contribution in [0.15, 0.2) is 52.5 Å². The molecule has 2 aliphatic rings. The molecule has 7 nitrogen and oxygen atoms in total. The van der Waals surface area contributed by atoms with E-state index in [0.717, 1.165) is 30.4 Å². The fraction of sp³-hybridized carbons (Fsp3) is 0.364. The van der Waals surface area contributed by atoms with Crippen LogP contribution in [-0.4, -0.2) is 44.5 Å². The van der Waals surface area contributed by atoms with E-state index in [9.17, 15) is 13.2 Å². The second kappa shape index (κ2) is 8.10. The number of hydrogen-bond donors (Lipinski definition) is 0. The summed E-state index contributed by atoms with van der Waals surface area (Å²) >= 11 is 0. The van der Waals surface area contributed by atoms with Gasteiger partial charge >= 0.3 is 0 Å². The van der Waals surface area contributed by atoms with Crippen molar-refractivity contribution in [2.24, 2.45) is 5.10 Å². The number of fused-ring (bicyclic) bond motifs is 1. The van der Waals surface area contributed by atoms with E-state index in [1.807, 2.05) is 31.2 Å². The Morgan fingerprint density at radius 2 is 1.87 bits per heavy atom. The number of piperidine rings is 1. The highest BCUT2D eigenvalue weighted by Crippen LogP contribution is 2.34. The minimum Gasteiger partial charge on any atom is -0.497 e. The summed E-state index contributed by atoms with van der Waals surface area (Å²) in [5.41, 5.74) is 2.29. The van der Waals surface area contributed by atoms with Gasteiger partial charge < -0.3 is 9.64 Å². The maximum absolute atomic E-state index is 13.3. The topological polar surface area (TPSA) is 79.3 Å². The maximum atomic E-state index is 13.3. The minimum absolute atomic E-state index is 0.117. The number of sulfone groups is 1. The molecule has 8 heteroatoms. The van der Waals surface area contributed by atoms with Crippen molar-refractivity contribution >= 4 is 26.5 Å². The highest BCUT2D eigenvalue weighted by Gasteiger charge is 2.39. The first-order valence-electron chi connectivity index (χ1n) is 10.0. The van der Waals surface area contributed by atoms with Gasteiger partial charge in [0.25, 0.3) is 5.91 Å². The number of hydrazone groups is 1. The SMILES string of the molecule is COc1cccc(CN2N=C(C(=O)N3CCCCC3)S(=O)(=O)c3ccc(C)cc32)c1. The number of carbonyl (C=O) groups excluding carboxylic acids is 1. The summed E-state index contributed by atoms with van der Waals surface area (Å²) in [5.74, 6) is 0.187. The van der Waals surface area contributed by atoms with Gasteiger partial charge in [0.2, 0.25) is 14.9 Å². The standard InChI is InChI=1S/C22H25N3O4S/c1-16-9-10-20-19(13-16)25(15-17-7-6-8-18(14-17)29-2)23-21(30(20,27)28)22(26)24-11-4-3-5-12-24/h6-10,13-14H,3-5,11-12,15H2,1-2H3. The third kappa shape index (κ3) is 3.79. The molecule has 0 saturated carbocycles. The van der Waals surface area contributed by atoms with Gasteiger partial charge in [-0.1, -0.05) is 18.2 Å². The summed E-state index contributed by atoms with van der Waals surface area (Å²) in [7, 11) is -2.40. The van der Waals surface area contributed by atoms with Crippen LogP contribution in [0.5, 0.6) is 5.75 Å². The number of benzene rings is 2. The lowest BCUT2D eigenvalue weighted by atomic mass is 10.1. The van der Waals surface area contributed by atoms with Gasteiger partial charge in [0.1, 0.15) is 5.75 Å². The zero-order chi connectivity index (χ0) is 21.3. The Morgan fingerprint density at radius 3 is 2.60 bits per heavy atom. The van der Waals surface area contributed by atoms with Crippen molar-refractivity contribution in [1.29, 1.82) is 0 Å². The van der Waals surface area contributed by atoms with Crippen molar-refractivity contribution in [3.8, 4) is 5.75 Å². The summed E-state index contributed by atoms with van der Waals surface area (Å²) in [6.07, 6.45) is 2.80. The number of carbonyl (C=O) groups is 1. The third-order valence-electron chi connectivity index (χ3n) is 5.44. The van der Waals surface area contributed by atoms with Gasteiger partial charge in [0, 0.05) is 13.1 Å². The van der Waals surface area contributed by atoms with Crippen molar-refractivity contribution in [2.75, 3.05) is 25.2 Å². The molecule has 2 aromatic carbocycles. The van der Waals surface area contributed by atoms with Crippen molar-refractivity contribution in [3.05, 3.63) is 53.6 Å². The van der Waals surface area contributed by atoms with E-state index < -0.39 is 20.8 Å². The molecule has 0 aromatic heterocycles. The third-order valence-corrected chi connectivity index (χ3v) is 7.13. The van der Waals surface area contributed by atoms with Crippen LogP contribution in [0.2, 0.25) is 0 Å². The molecule has 0 bridgehead atoms. The van der Waals surface area contributed by atoms with E-state index in [1.165, 1.54) is 0 Å². The fourth-order valence-electron chi connectivity index (χ4n) is 3.83. The van der Waals surface area contributed by atoms with Gasteiger partial charge in [-0.05, 0) is 61.6 Å². The monoisotopic (exact) mass is 427 g/mol.